The topological polar surface area (TPSA) is 222 Å². The van der Waals surface area contributed by atoms with Gasteiger partial charge in [0.2, 0.25) is 35.4 Å². The second-order valence-corrected chi connectivity index (χ2v) is 22.1. The highest BCUT2D eigenvalue weighted by Crippen LogP contribution is 2.29. The zero-order valence-electron chi connectivity index (χ0n) is 45.0. The highest BCUT2D eigenvalue weighted by molar-refractivity contribution is 6.07. The number of nitrogens with one attached hydrogen (secondary N) is 6. The van der Waals surface area contributed by atoms with Gasteiger partial charge in [0.25, 0.3) is 11.8 Å². The molecule has 0 aromatic heterocycles. The van der Waals surface area contributed by atoms with Gasteiger partial charge < -0.3 is 46.5 Å². The number of benzene rings is 3. The molecule has 3 aromatic carbocycles. The molecule has 19 heteroatoms. The van der Waals surface area contributed by atoms with Crippen molar-refractivity contribution < 1.29 is 38.4 Å². The standard InChI is InChI=1S/C55H77BN10O8/c1-34(63(9)10)46(67)61-44(54(3,4)5)52(73)65-32-40(30-42(65)50(71)57-28-26-36-18-14-12-15-19-36)59-48(69)38-22-24-39(25-23-38)49(70)60-41-31-43(51(72)58-29-27-37-20-16-13-17-21-37)66(33-41)53(74)45(55(6,7)8)62-47(68)35(2)64(11)56/h12-25,34-35,40-45H,26-33H2,1-11H3,(H,57,71)(H,58,72)(H,59,69)(H,60,70)(H,61,67)(H,62,68)/t34-,35-,40-,41-,42-,43?,44+,45+/m0/s1. The molecule has 2 aliphatic heterocycles. The van der Waals surface area contributed by atoms with Crippen LogP contribution in [-0.4, -0.2) is 170 Å². The van der Waals surface area contributed by atoms with Crippen molar-refractivity contribution in [3.05, 3.63) is 107 Å². The first kappa shape index (κ1) is 58.3. The Balaban J connectivity index is 1.29. The highest BCUT2D eigenvalue weighted by atomic mass is 16.2. The SMILES string of the molecule is [B]N(C)[C@@H](C)C(=O)N[C@H](C(=O)N1C[C@@H](NC(=O)c2ccc(C(=O)N[C@H]3C[C@@H](C(=O)NCCc4ccccc4)N(C(=O)[C@@H](NC(=O)[C@H](C)N(C)C)C(C)(C)C)C3)cc2)CC1C(=O)NCCc1ccccc1)C(C)(C)C. The highest BCUT2D eigenvalue weighted by Gasteiger charge is 2.47. The Hall–Kier alpha value is -6.60. The minimum Gasteiger partial charge on any atom is -0.354 e. The minimum absolute atomic E-state index is 0.00745. The van der Waals surface area contributed by atoms with E-state index in [9.17, 15) is 38.4 Å². The van der Waals surface area contributed by atoms with Crippen molar-refractivity contribution in [3.63, 3.8) is 0 Å². The van der Waals surface area contributed by atoms with Gasteiger partial charge >= 0.3 is 0 Å². The fourth-order valence-corrected chi connectivity index (χ4v) is 8.93. The van der Waals surface area contributed by atoms with Crippen molar-refractivity contribution in [1.29, 1.82) is 0 Å². The monoisotopic (exact) mass is 1020 g/mol. The molecule has 74 heavy (non-hydrogen) atoms. The Bertz CT molecular complexity index is 2280. The molecule has 398 valence electrons. The number of hydrogen-bond acceptors (Lipinski definition) is 10. The van der Waals surface area contributed by atoms with E-state index in [0.717, 1.165) is 11.1 Å². The molecule has 2 fully saturated rings. The largest absolute Gasteiger partial charge is 0.354 e. The summed E-state index contributed by atoms with van der Waals surface area (Å²) in [5.74, 6) is -3.47. The third kappa shape index (κ3) is 15.7. The lowest BCUT2D eigenvalue weighted by Crippen LogP contribution is -2.59. The first-order valence-electron chi connectivity index (χ1n) is 25.5. The summed E-state index contributed by atoms with van der Waals surface area (Å²) in [6, 6.07) is 18.8. The average molecular weight is 1020 g/mol. The maximum atomic E-state index is 14.5. The van der Waals surface area contributed by atoms with Crippen LogP contribution in [0.15, 0.2) is 84.9 Å². The molecule has 0 bridgehead atoms. The molecule has 18 nitrogen and oxygen atoms in total. The zero-order valence-corrected chi connectivity index (χ0v) is 45.0. The van der Waals surface area contributed by atoms with Gasteiger partial charge in [0, 0.05) is 49.4 Å². The van der Waals surface area contributed by atoms with Gasteiger partial charge in [-0.2, -0.15) is 0 Å². The molecule has 5 rings (SSSR count). The van der Waals surface area contributed by atoms with E-state index in [1.54, 1.807) is 39.9 Å². The second-order valence-electron chi connectivity index (χ2n) is 22.1. The molecular weight excluding hydrogens is 939 g/mol. The molecule has 2 saturated heterocycles. The minimum atomic E-state index is -1.03. The van der Waals surface area contributed by atoms with Gasteiger partial charge in [-0.3, -0.25) is 43.3 Å². The van der Waals surface area contributed by atoms with E-state index in [-0.39, 0.29) is 48.9 Å². The molecule has 0 spiro atoms. The Morgan fingerprint density at radius 3 is 1.24 bits per heavy atom. The first-order chi connectivity index (χ1) is 34.8. The van der Waals surface area contributed by atoms with Crippen LogP contribution in [0.3, 0.4) is 0 Å². The third-order valence-electron chi connectivity index (χ3n) is 13.9. The van der Waals surface area contributed by atoms with E-state index in [4.69, 9.17) is 7.98 Å². The Labute approximate surface area is 438 Å². The van der Waals surface area contributed by atoms with E-state index in [2.05, 4.69) is 31.9 Å². The van der Waals surface area contributed by atoms with Gasteiger partial charge in [0.15, 0.2) is 7.98 Å². The lowest BCUT2D eigenvalue weighted by atomic mass is 9.85. The fourth-order valence-electron chi connectivity index (χ4n) is 8.93. The quantitative estimate of drug-likeness (QED) is 0.0907. The lowest BCUT2D eigenvalue weighted by molar-refractivity contribution is -0.144. The van der Waals surface area contributed by atoms with Gasteiger partial charge in [0.05, 0.1) is 12.1 Å². The summed E-state index contributed by atoms with van der Waals surface area (Å²) in [6.07, 6.45) is 1.36. The lowest BCUT2D eigenvalue weighted by Gasteiger charge is -2.36. The van der Waals surface area contributed by atoms with Crippen molar-refractivity contribution in [2.75, 3.05) is 47.3 Å². The summed E-state index contributed by atoms with van der Waals surface area (Å²) < 4.78 is 0. The van der Waals surface area contributed by atoms with E-state index in [1.165, 1.54) is 38.9 Å². The summed E-state index contributed by atoms with van der Waals surface area (Å²) in [5, 5.41) is 17.7. The number of carbonyl (C=O) groups is 8. The maximum Gasteiger partial charge on any atom is 0.251 e. The van der Waals surface area contributed by atoms with E-state index in [1.807, 2.05) is 102 Å². The van der Waals surface area contributed by atoms with Crippen molar-refractivity contribution in [2.45, 2.75) is 129 Å². The summed E-state index contributed by atoms with van der Waals surface area (Å²) in [5.41, 5.74) is 1.01. The molecule has 2 heterocycles. The molecule has 2 radical (unpaired) electrons. The molecule has 0 aliphatic carbocycles. The van der Waals surface area contributed by atoms with Crippen molar-refractivity contribution in [2.24, 2.45) is 10.8 Å². The van der Waals surface area contributed by atoms with Crippen LogP contribution in [-0.2, 0) is 41.6 Å². The molecule has 1 unspecified atom stereocenters. The van der Waals surface area contributed by atoms with E-state index < -0.39 is 94.6 Å². The Kier molecular flexibility index (Phi) is 20.1. The van der Waals surface area contributed by atoms with Crippen LogP contribution >= 0.6 is 0 Å². The fraction of sp³-hybridized carbons (Fsp3) is 0.527. The smallest absolute Gasteiger partial charge is 0.251 e. The van der Waals surface area contributed by atoms with Gasteiger partial charge in [-0.1, -0.05) is 102 Å². The van der Waals surface area contributed by atoms with Crippen molar-refractivity contribution in [3.8, 4) is 0 Å². The molecule has 6 N–H and O–H groups in total. The molecule has 8 amide bonds. The van der Waals surface area contributed by atoms with Crippen LogP contribution in [0.5, 0.6) is 0 Å². The van der Waals surface area contributed by atoms with Crippen LogP contribution in [0.1, 0.15) is 100 Å². The van der Waals surface area contributed by atoms with Crippen molar-refractivity contribution >= 4 is 55.2 Å². The zero-order chi connectivity index (χ0) is 54.7. The molecule has 2 aliphatic rings. The van der Waals surface area contributed by atoms with Gasteiger partial charge in [-0.05, 0) is 107 Å². The molecule has 8 atom stereocenters. The number of likely N-dealkylation sites (N-methyl/N-ethyl adjacent to an activating group) is 2. The summed E-state index contributed by atoms with van der Waals surface area (Å²) in [7, 11) is 10.9. The normalized spacial score (nSPS) is 19.5. The average Bonchev–Trinajstić information content (AvgIpc) is 3.98. The maximum absolute atomic E-state index is 14.5. The Morgan fingerprint density at radius 1 is 0.568 bits per heavy atom. The van der Waals surface area contributed by atoms with Crippen LogP contribution in [0.4, 0.5) is 0 Å². The molecular formula is C55H77BN10O8. The van der Waals surface area contributed by atoms with Crippen LogP contribution in [0, 0.1) is 10.8 Å². The summed E-state index contributed by atoms with van der Waals surface area (Å²) in [6.45, 7) is 15.0. The number of amides is 8. The second kappa shape index (κ2) is 25.6. The first-order valence-corrected chi connectivity index (χ1v) is 25.5. The molecule has 3 aromatic rings. The van der Waals surface area contributed by atoms with E-state index >= 15 is 0 Å². The Morgan fingerprint density at radius 2 is 0.919 bits per heavy atom. The van der Waals surface area contributed by atoms with Crippen LogP contribution in [0.2, 0.25) is 0 Å². The predicted octanol–water partition coefficient (Wildman–Crippen LogP) is 2.22. The summed E-state index contributed by atoms with van der Waals surface area (Å²) in [4.78, 5) is 117. The third-order valence-corrected chi connectivity index (χ3v) is 13.9. The van der Waals surface area contributed by atoms with Gasteiger partial charge in [-0.15, -0.1) is 0 Å². The number of carbonyl (C=O) groups excluding carboxylic acids is 8. The summed E-state index contributed by atoms with van der Waals surface area (Å²) >= 11 is 0. The van der Waals surface area contributed by atoms with Crippen LogP contribution in [0.25, 0.3) is 0 Å². The number of hydrogen-bond donors (Lipinski definition) is 6. The van der Waals surface area contributed by atoms with E-state index in [0.29, 0.717) is 25.9 Å². The number of likely N-dealkylation sites (tertiary alicyclic amines) is 2. The predicted molar refractivity (Wildman–Crippen MR) is 284 cm³/mol. The van der Waals surface area contributed by atoms with Gasteiger partial charge in [0.1, 0.15) is 24.2 Å². The molecule has 0 saturated carbocycles. The van der Waals surface area contributed by atoms with Gasteiger partial charge in [-0.25, -0.2) is 0 Å². The number of rotatable bonds is 20. The number of nitrogens with zero attached hydrogens (tertiary/aromatic N) is 4. The van der Waals surface area contributed by atoms with Crippen LogP contribution < -0.4 is 31.9 Å². The van der Waals surface area contributed by atoms with Crippen molar-refractivity contribution in [1.82, 2.24) is 51.4 Å².